The van der Waals surface area contributed by atoms with Crippen LogP contribution < -0.4 is 5.73 Å². The highest BCUT2D eigenvalue weighted by atomic mass is 32.2. The Bertz CT molecular complexity index is 335. The van der Waals surface area contributed by atoms with Gasteiger partial charge in [-0.15, -0.1) is 0 Å². The molecule has 3 nitrogen and oxygen atoms in total. The lowest BCUT2D eigenvalue weighted by atomic mass is 9.75. The number of sulfone groups is 1. The van der Waals surface area contributed by atoms with E-state index in [2.05, 4.69) is 13.8 Å². The van der Waals surface area contributed by atoms with E-state index in [4.69, 9.17) is 5.73 Å². The van der Waals surface area contributed by atoms with Gasteiger partial charge in [-0.3, -0.25) is 0 Å². The fraction of sp³-hybridized carbons (Fsp3) is 1.00. The lowest BCUT2D eigenvalue weighted by Gasteiger charge is -2.39. The molecule has 0 aromatic carbocycles. The predicted molar refractivity (Wildman–Crippen MR) is 68.1 cm³/mol. The first-order valence-corrected chi connectivity index (χ1v) is 7.80. The lowest BCUT2D eigenvalue weighted by Crippen LogP contribution is -2.49. The average Bonchev–Trinajstić information content (AvgIpc) is 2.20. The molecule has 1 fully saturated rings. The van der Waals surface area contributed by atoms with E-state index >= 15 is 0 Å². The van der Waals surface area contributed by atoms with Crippen molar-refractivity contribution in [3.05, 3.63) is 0 Å². The molecule has 0 radical (unpaired) electrons. The normalized spacial score (nSPS) is 32.3. The summed E-state index contributed by atoms with van der Waals surface area (Å²) in [7, 11) is -3.06. The van der Waals surface area contributed by atoms with Crippen LogP contribution >= 0.6 is 0 Å². The summed E-state index contributed by atoms with van der Waals surface area (Å²) in [5.41, 5.74) is 6.11. The van der Waals surface area contributed by atoms with Crippen LogP contribution in [0.2, 0.25) is 0 Å². The Morgan fingerprint density at radius 2 is 2.00 bits per heavy atom. The summed E-state index contributed by atoms with van der Waals surface area (Å²) in [6.07, 6.45) is 3.24. The highest BCUT2D eigenvalue weighted by Crippen LogP contribution is 2.38. The van der Waals surface area contributed by atoms with Crippen molar-refractivity contribution in [2.45, 2.75) is 69.9 Å². The summed E-state index contributed by atoms with van der Waals surface area (Å²) in [6.45, 7) is 7.99. The Balaban J connectivity index is 2.93. The molecule has 2 N–H and O–H groups in total. The molecule has 1 saturated carbocycles. The molecular formula is C12H25NO2S. The van der Waals surface area contributed by atoms with Gasteiger partial charge in [0, 0.05) is 6.04 Å². The first kappa shape index (κ1) is 14.0. The van der Waals surface area contributed by atoms with E-state index < -0.39 is 9.84 Å². The van der Waals surface area contributed by atoms with Crippen LogP contribution in [0.3, 0.4) is 0 Å². The molecule has 0 aromatic rings. The van der Waals surface area contributed by atoms with E-state index in [1.54, 1.807) is 6.92 Å². The Morgan fingerprint density at radius 1 is 1.44 bits per heavy atom. The van der Waals surface area contributed by atoms with Crippen LogP contribution in [0.15, 0.2) is 0 Å². The van der Waals surface area contributed by atoms with Gasteiger partial charge >= 0.3 is 0 Å². The minimum absolute atomic E-state index is 0.112. The zero-order valence-electron chi connectivity index (χ0n) is 10.9. The fourth-order valence-electron chi connectivity index (χ4n) is 2.43. The third-order valence-electron chi connectivity index (χ3n) is 3.94. The van der Waals surface area contributed by atoms with Gasteiger partial charge in [-0.05, 0) is 38.0 Å². The Labute approximate surface area is 99.7 Å². The molecule has 0 aromatic heterocycles. The summed E-state index contributed by atoms with van der Waals surface area (Å²) >= 11 is 0. The van der Waals surface area contributed by atoms with Gasteiger partial charge in [0.1, 0.15) is 0 Å². The van der Waals surface area contributed by atoms with E-state index in [0.717, 1.165) is 12.8 Å². The van der Waals surface area contributed by atoms with Crippen molar-refractivity contribution in [1.29, 1.82) is 0 Å². The topological polar surface area (TPSA) is 60.2 Å². The minimum Gasteiger partial charge on any atom is -0.327 e. The van der Waals surface area contributed by atoms with Crippen LogP contribution in [0.4, 0.5) is 0 Å². The summed E-state index contributed by atoms with van der Waals surface area (Å²) in [5, 5.41) is -0.608. The second kappa shape index (κ2) is 4.65. The second-order valence-electron chi connectivity index (χ2n) is 5.92. The molecule has 1 aliphatic carbocycles. The maximum Gasteiger partial charge on any atom is 0.157 e. The fourth-order valence-corrected chi connectivity index (χ4v) is 4.80. The Morgan fingerprint density at radius 3 is 2.50 bits per heavy atom. The molecule has 3 unspecified atom stereocenters. The summed E-state index contributed by atoms with van der Waals surface area (Å²) in [5.74, 6) is 0. The van der Waals surface area contributed by atoms with Crippen molar-refractivity contribution in [2.24, 2.45) is 11.1 Å². The molecule has 1 rings (SSSR count). The van der Waals surface area contributed by atoms with Crippen molar-refractivity contribution in [1.82, 2.24) is 0 Å². The third-order valence-corrected chi connectivity index (χ3v) is 6.76. The molecule has 16 heavy (non-hydrogen) atoms. The zero-order chi connectivity index (χ0) is 12.6. The molecule has 1 aliphatic rings. The molecular weight excluding hydrogens is 222 g/mol. The van der Waals surface area contributed by atoms with Gasteiger partial charge in [-0.2, -0.15) is 0 Å². The zero-order valence-corrected chi connectivity index (χ0v) is 11.7. The molecule has 0 aliphatic heterocycles. The van der Waals surface area contributed by atoms with E-state index in [1.165, 1.54) is 0 Å². The van der Waals surface area contributed by atoms with E-state index in [9.17, 15) is 8.42 Å². The van der Waals surface area contributed by atoms with Crippen molar-refractivity contribution in [3.8, 4) is 0 Å². The average molecular weight is 247 g/mol. The highest BCUT2D eigenvalue weighted by molar-refractivity contribution is 7.92. The largest absolute Gasteiger partial charge is 0.327 e. The van der Waals surface area contributed by atoms with Crippen LogP contribution in [-0.2, 0) is 9.84 Å². The van der Waals surface area contributed by atoms with Gasteiger partial charge in [0.25, 0.3) is 0 Å². The molecule has 96 valence electrons. The predicted octanol–water partition coefficient (Wildman–Crippen LogP) is 2.11. The first-order chi connectivity index (χ1) is 7.20. The van der Waals surface area contributed by atoms with Crippen molar-refractivity contribution in [2.75, 3.05) is 0 Å². The van der Waals surface area contributed by atoms with Crippen molar-refractivity contribution >= 4 is 9.84 Å². The van der Waals surface area contributed by atoms with Crippen LogP contribution in [0.25, 0.3) is 0 Å². The SMILES string of the molecule is CCC(C)S(=O)(=O)C1CC(C)(C)CCC1N. The third kappa shape index (κ3) is 2.77. The van der Waals surface area contributed by atoms with Crippen LogP contribution in [-0.4, -0.2) is 25.0 Å². The highest BCUT2D eigenvalue weighted by Gasteiger charge is 2.42. The molecule has 0 spiro atoms. The summed E-state index contributed by atoms with van der Waals surface area (Å²) < 4.78 is 24.7. The molecule has 4 heteroatoms. The number of hydrogen-bond acceptors (Lipinski definition) is 3. The van der Waals surface area contributed by atoms with Crippen LogP contribution in [0, 0.1) is 5.41 Å². The Kier molecular flexibility index (Phi) is 4.06. The van der Waals surface area contributed by atoms with Gasteiger partial charge < -0.3 is 5.73 Å². The Hall–Kier alpha value is -0.0900. The number of nitrogens with two attached hydrogens (primary N) is 1. The monoisotopic (exact) mass is 247 g/mol. The second-order valence-corrected chi connectivity index (χ2v) is 8.51. The van der Waals surface area contributed by atoms with Crippen LogP contribution in [0.5, 0.6) is 0 Å². The molecule has 0 amide bonds. The van der Waals surface area contributed by atoms with Crippen molar-refractivity contribution in [3.63, 3.8) is 0 Å². The molecule has 3 atom stereocenters. The first-order valence-electron chi connectivity index (χ1n) is 6.19. The van der Waals surface area contributed by atoms with Gasteiger partial charge in [0.15, 0.2) is 9.84 Å². The standard InChI is InChI=1S/C12H25NO2S/c1-5-9(2)16(14,15)11-8-12(3,4)7-6-10(11)13/h9-11H,5-8,13H2,1-4H3. The van der Waals surface area contributed by atoms with E-state index in [0.29, 0.717) is 12.8 Å². The molecule has 0 heterocycles. The van der Waals surface area contributed by atoms with E-state index in [1.807, 2.05) is 6.92 Å². The number of hydrogen-bond donors (Lipinski definition) is 1. The van der Waals surface area contributed by atoms with Gasteiger partial charge in [-0.25, -0.2) is 8.42 Å². The smallest absolute Gasteiger partial charge is 0.157 e. The maximum atomic E-state index is 12.3. The quantitative estimate of drug-likeness (QED) is 0.831. The summed E-state index contributed by atoms with van der Waals surface area (Å²) in [6, 6.07) is -0.174. The lowest BCUT2D eigenvalue weighted by molar-refractivity contribution is 0.226. The number of rotatable bonds is 3. The van der Waals surface area contributed by atoms with Gasteiger partial charge in [0.2, 0.25) is 0 Å². The molecule has 0 bridgehead atoms. The van der Waals surface area contributed by atoms with Crippen molar-refractivity contribution < 1.29 is 8.42 Å². The van der Waals surface area contributed by atoms with E-state index in [-0.39, 0.29) is 22.0 Å². The van der Waals surface area contributed by atoms with Gasteiger partial charge in [0.05, 0.1) is 10.5 Å². The minimum atomic E-state index is -3.06. The molecule has 0 saturated heterocycles. The maximum absolute atomic E-state index is 12.3. The summed E-state index contributed by atoms with van der Waals surface area (Å²) in [4.78, 5) is 0. The van der Waals surface area contributed by atoms with Gasteiger partial charge in [-0.1, -0.05) is 20.8 Å². The van der Waals surface area contributed by atoms with Crippen LogP contribution in [0.1, 0.15) is 53.4 Å².